The van der Waals surface area contributed by atoms with Gasteiger partial charge in [0, 0.05) is 12.1 Å². The predicted molar refractivity (Wildman–Crippen MR) is 75.5 cm³/mol. The molecule has 3 heteroatoms. The zero-order chi connectivity index (χ0) is 12.5. The average Bonchev–Trinajstić information content (AvgIpc) is 2.29. The third-order valence-corrected chi connectivity index (χ3v) is 3.58. The fourth-order valence-electron chi connectivity index (χ4n) is 2.54. The fraction of sp³-hybridized carbons (Fsp3) is 1.00. The van der Waals surface area contributed by atoms with Crippen molar-refractivity contribution in [2.24, 2.45) is 0 Å². The number of hydrogen-bond donors (Lipinski definition) is 2. The molecular weight excluding hydrogens is 210 g/mol. The smallest absolute Gasteiger partial charge is 0.00817 e. The summed E-state index contributed by atoms with van der Waals surface area (Å²) in [7, 11) is 4.29. The lowest BCUT2D eigenvalue weighted by molar-refractivity contribution is 0.340. The first-order chi connectivity index (χ1) is 8.18. The van der Waals surface area contributed by atoms with Crippen LogP contribution in [-0.4, -0.2) is 50.7 Å². The number of hydrogen-bond acceptors (Lipinski definition) is 3. The van der Waals surface area contributed by atoms with E-state index in [4.69, 9.17) is 0 Å². The molecule has 0 aromatic carbocycles. The van der Waals surface area contributed by atoms with Crippen molar-refractivity contribution >= 4 is 0 Å². The molecule has 102 valence electrons. The maximum atomic E-state index is 3.65. The Hall–Kier alpha value is -0.120. The third-order valence-electron chi connectivity index (χ3n) is 3.58. The van der Waals surface area contributed by atoms with Crippen LogP contribution in [0.2, 0.25) is 0 Å². The van der Waals surface area contributed by atoms with E-state index < -0.39 is 0 Å². The largest absolute Gasteiger partial charge is 0.314 e. The third kappa shape index (κ3) is 7.74. The first kappa shape index (κ1) is 14.9. The summed E-state index contributed by atoms with van der Waals surface area (Å²) in [5, 5.41) is 7.26. The van der Waals surface area contributed by atoms with E-state index in [0.29, 0.717) is 6.04 Å². The van der Waals surface area contributed by atoms with E-state index >= 15 is 0 Å². The SMILES string of the molecule is CC(CC1CCCCN1)NCCCCN(C)C. The van der Waals surface area contributed by atoms with Crippen LogP contribution in [-0.2, 0) is 0 Å². The van der Waals surface area contributed by atoms with E-state index in [-0.39, 0.29) is 0 Å². The van der Waals surface area contributed by atoms with Crippen LogP contribution in [0, 0.1) is 0 Å². The Labute approximate surface area is 107 Å². The number of nitrogens with zero attached hydrogens (tertiary/aromatic N) is 1. The van der Waals surface area contributed by atoms with E-state index in [9.17, 15) is 0 Å². The summed E-state index contributed by atoms with van der Waals surface area (Å²) in [6.45, 7) is 5.92. The summed E-state index contributed by atoms with van der Waals surface area (Å²) >= 11 is 0. The number of piperidine rings is 1. The molecule has 0 aromatic rings. The van der Waals surface area contributed by atoms with Gasteiger partial charge >= 0.3 is 0 Å². The Morgan fingerprint density at radius 3 is 2.76 bits per heavy atom. The van der Waals surface area contributed by atoms with Crippen LogP contribution in [0.5, 0.6) is 0 Å². The number of rotatable bonds is 8. The van der Waals surface area contributed by atoms with Crippen molar-refractivity contribution in [1.82, 2.24) is 15.5 Å². The van der Waals surface area contributed by atoms with Gasteiger partial charge in [-0.2, -0.15) is 0 Å². The molecule has 0 aliphatic carbocycles. The molecule has 1 rings (SSSR count). The molecule has 1 aliphatic rings. The summed E-state index contributed by atoms with van der Waals surface area (Å²) in [4.78, 5) is 2.26. The molecule has 1 saturated heterocycles. The van der Waals surface area contributed by atoms with E-state index in [0.717, 1.165) is 6.04 Å². The van der Waals surface area contributed by atoms with Crippen LogP contribution < -0.4 is 10.6 Å². The van der Waals surface area contributed by atoms with Gasteiger partial charge in [0.15, 0.2) is 0 Å². The van der Waals surface area contributed by atoms with Crippen LogP contribution in [0.25, 0.3) is 0 Å². The van der Waals surface area contributed by atoms with Gasteiger partial charge in [0.1, 0.15) is 0 Å². The Morgan fingerprint density at radius 2 is 2.12 bits per heavy atom. The van der Waals surface area contributed by atoms with Gasteiger partial charge in [0.25, 0.3) is 0 Å². The minimum absolute atomic E-state index is 0.657. The van der Waals surface area contributed by atoms with Crippen LogP contribution in [0.3, 0.4) is 0 Å². The topological polar surface area (TPSA) is 27.3 Å². The van der Waals surface area contributed by atoms with Crippen LogP contribution in [0.15, 0.2) is 0 Å². The highest BCUT2D eigenvalue weighted by atomic mass is 15.0. The van der Waals surface area contributed by atoms with E-state index in [1.54, 1.807) is 0 Å². The quantitative estimate of drug-likeness (QED) is 0.635. The minimum Gasteiger partial charge on any atom is -0.314 e. The second-order valence-electron chi connectivity index (χ2n) is 5.75. The highest BCUT2D eigenvalue weighted by Crippen LogP contribution is 2.11. The lowest BCUT2D eigenvalue weighted by Crippen LogP contribution is -2.40. The molecule has 0 spiro atoms. The zero-order valence-electron chi connectivity index (χ0n) is 12.0. The Kier molecular flexibility index (Phi) is 7.82. The Bertz CT molecular complexity index is 176. The van der Waals surface area contributed by atoms with Gasteiger partial charge in [0.05, 0.1) is 0 Å². The molecule has 0 amide bonds. The molecule has 2 unspecified atom stereocenters. The minimum atomic E-state index is 0.657. The molecule has 1 fully saturated rings. The van der Waals surface area contributed by atoms with Crippen molar-refractivity contribution in [1.29, 1.82) is 0 Å². The van der Waals surface area contributed by atoms with Gasteiger partial charge in [-0.05, 0) is 72.8 Å². The van der Waals surface area contributed by atoms with Crippen molar-refractivity contribution < 1.29 is 0 Å². The lowest BCUT2D eigenvalue weighted by Gasteiger charge is -2.26. The second kappa shape index (κ2) is 8.90. The molecular formula is C14H31N3. The average molecular weight is 241 g/mol. The maximum Gasteiger partial charge on any atom is 0.00817 e. The molecule has 0 bridgehead atoms. The van der Waals surface area contributed by atoms with Gasteiger partial charge in [-0.1, -0.05) is 6.42 Å². The normalized spacial score (nSPS) is 22.9. The molecule has 1 aliphatic heterocycles. The predicted octanol–water partition coefficient (Wildman–Crippen LogP) is 1.84. The van der Waals surface area contributed by atoms with Gasteiger partial charge in [-0.15, -0.1) is 0 Å². The van der Waals surface area contributed by atoms with Gasteiger partial charge < -0.3 is 15.5 Å². The monoisotopic (exact) mass is 241 g/mol. The Morgan fingerprint density at radius 1 is 1.29 bits per heavy atom. The van der Waals surface area contributed by atoms with Gasteiger partial charge in [0.2, 0.25) is 0 Å². The molecule has 1 heterocycles. The molecule has 0 aromatic heterocycles. The highest BCUT2D eigenvalue weighted by Gasteiger charge is 2.14. The summed E-state index contributed by atoms with van der Waals surface area (Å²) < 4.78 is 0. The molecule has 0 radical (unpaired) electrons. The van der Waals surface area contributed by atoms with Crippen LogP contribution in [0.1, 0.15) is 45.4 Å². The second-order valence-corrected chi connectivity index (χ2v) is 5.75. The Balaban J connectivity index is 1.95. The van der Waals surface area contributed by atoms with Crippen molar-refractivity contribution in [3.8, 4) is 0 Å². The van der Waals surface area contributed by atoms with E-state index in [2.05, 4.69) is 36.6 Å². The summed E-state index contributed by atoms with van der Waals surface area (Å²) in [6.07, 6.45) is 8.02. The molecule has 3 nitrogen and oxygen atoms in total. The van der Waals surface area contributed by atoms with Gasteiger partial charge in [-0.3, -0.25) is 0 Å². The van der Waals surface area contributed by atoms with Crippen LogP contribution >= 0.6 is 0 Å². The first-order valence-electron chi connectivity index (χ1n) is 7.30. The van der Waals surface area contributed by atoms with Crippen molar-refractivity contribution in [3.05, 3.63) is 0 Å². The highest BCUT2D eigenvalue weighted by molar-refractivity contribution is 4.76. The molecule has 17 heavy (non-hydrogen) atoms. The molecule has 0 saturated carbocycles. The molecule has 2 N–H and O–H groups in total. The van der Waals surface area contributed by atoms with Crippen molar-refractivity contribution in [2.75, 3.05) is 33.7 Å². The fourth-order valence-corrected chi connectivity index (χ4v) is 2.54. The maximum absolute atomic E-state index is 3.65. The summed E-state index contributed by atoms with van der Waals surface area (Å²) in [5.41, 5.74) is 0. The molecule has 2 atom stereocenters. The number of nitrogens with one attached hydrogen (secondary N) is 2. The first-order valence-corrected chi connectivity index (χ1v) is 7.30. The zero-order valence-corrected chi connectivity index (χ0v) is 12.0. The van der Waals surface area contributed by atoms with E-state index in [1.807, 2.05) is 0 Å². The van der Waals surface area contributed by atoms with Gasteiger partial charge in [-0.25, -0.2) is 0 Å². The standard InChI is InChI=1S/C14H31N3/c1-13(12-14-8-4-5-10-16-14)15-9-6-7-11-17(2)3/h13-16H,4-12H2,1-3H3. The van der Waals surface area contributed by atoms with Crippen molar-refractivity contribution in [2.45, 2.75) is 57.5 Å². The van der Waals surface area contributed by atoms with Crippen LogP contribution in [0.4, 0.5) is 0 Å². The summed E-state index contributed by atoms with van der Waals surface area (Å²) in [5.74, 6) is 0. The lowest BCUT2D eigenvalue weighted by atomic mass is 9.99. The summed E-state index contributed by atoms with van der Waals surface area (Å²) in [6, 6.07) is 1.41. The number of unbranched alkanes of at least 4 members (excludes halogenated alkanes) is 1. The van der Waals surface area contributed by atoms with E-state index in [1.165, 1.54) is 58.2 Å². The van der Waals surface area contributed by atoms with Crippen molar-refractivity contribution in [3.63, 3.8) is 0 Å².